The van der Waals surface area contributed by atoms with Crippen LogP contribution in [0.25, 0.3) is 0 Å². The molecule has 0 radical (unpaired) electrons. The van der Waals surface area contributed by atoms with Crippen LogP contribution in [0.1, 0.15) is 0 Å². The van der Waals surface area contributed by atoms with Gasteiger partial charge in [-0.15, -0.1) is 0 Å². The van der Waals surface area contributed by atoms with Crippen molar-refractivity contribution in [3.63, 3.8) is 0 Å². The molecule has 1 aliphatic rings. The second-order valence-corrected chi connectivity index (χ2v) is 4.85. The first-order valence-corrected chi connectivity index (χ1v) is 5.71. The van der Waals surface area contributed by atoms with Gasteiger partial charge in [-0.1, -0.05) is 11.6 Å². The predicted molar refractivity (Wildman–Crippen MR) is 52.5 cm³/mol. The number of epoxide rings is 1. The number of halogens is 1. The third-order valence-electron chi connectivity index (χ3n) is 1.82. The van der Waals surface area contributed by atoms with Crippen molar-refractivity contribution in [1.29, 1.82) is 0 Å². The number of ether oxygens (including phenoxy) is 1. The van der Waals surface area contributed by atoms with Crippen molar-refractivity contribution in [2.75, 3.05) is 12.4 Å². The van der Waals surface area contributed by atoms with E-state index in [4.69, 9.17) is 16.3 Å². The summed E-state index contributed by atoms with van der Waals surface area (Å²) in [6, 6.07) is 7.09. The predicted octanol–water partition coefficient (Wildman–Crippen LogP) is 1.85. The zero-order chi connectivity index (χ0) is 9.26. The fraction of sp³-hybridized carbons (Fsp3) is 0.333. The molecule has 2 rings (SSSR count). The van der Waals surface area contributed by atoms with Crippen LogP contribution in [0.3, 0.4) is 0 Å². The maximum Gasteiger partial charge on any atom is 0.0928 e. The molecule has 1 aromatic rings. The Balaban J connectivity index is 2.05. The average Bonchev–Trinajstić information content (AvgIpc) is 2.89. The Kier molecular flexibility index (Phi) is 2.67. The Morgan fingerprint density at radius 3 is 2.62 bits per heavy atom. The van der Waals surface area contributed by atoms with Crippen molar-refractivity contribution in [2.45, 2.75) is 11.0 Å². The summed E-state index contributed by atoms with van der Waals surface area (Å²) >= 11 is 5.71. The van der Waals surface area contributed by atoms with Crippen LogP contribution in [-0.4, -0.2) is 22.7 Å². The average molecular weight is 217 g/mol. The minimum absolute atomic E-state index is 0.205. The summed E-state index contributed by atoms with van der Waals surface area (Å²) in [4.78, 5) is 0.819. The number of hydrogen-bond acceptors (Lipinski definition) is 2. The molecule has 1 saturated heterocycles. The van der Waals surface area contributed by atoms with Gasteiger partial charge < -0.3 is 4.74 Å². The lowest BCUT2D eigenvalue weighted by Gasteiger charge is -1.99. The van der Waals surface area contributed by atoms with Crippen LogP contribution in [0.15, 0.2) is 29.2 Å². The normalized spacial score (nSPS) is 22.7. The molecular formula is C9H9ClO2S. The molecule has 1 heterocycles. The molecule has 13 heavy (non-hydrogen) atoms. The number of benzene rings is 1. The van der Waals surface area contributed by atoms with Gasteiger partial charge >= 0.3 is 0 Å². The first-order valence-electron chi connectivity index (χ1n) is 4.01. The molecule has 0 bridgehead atoms. The lowest BCUT2D eigenvalue weighted by Crippen LogP contribution is -2.03. The molecule has 0 N–H and O–H groups in total. The molecule has 0 aromatic heterocycles. The number of rotatable bonds is 3. The molecule has 1 fully saturated rings. The molecule has 4 heteroatoms. The lowest BCUT2D eigenvalue weighted by atomic mass is 10.4. The second-order valence-electron chi connectivity index (χ2n) is 2.92. The van der Waals surface area contributed by atoms with Gasteiger partial charge in [-0.3, -0.25) is 4.21 Å². The first-order chi connectivity index (χ1) is 6.25. The topological polar surface area (TPSA) is 29.6 Å². The summed E-state index contributed by atoms with van der Waals surface area (Å²) in [5.74, 6) is 0.599. The maximum atomic E-state index is 11.6. The van der Waals surface area contributed by atoms with Crippen LogP contribution in [0.5, 0.6) is 0 Å². The summed E-state index contributed by atoms with van der Waals surface area (Å²) in [6.45, 7) is 0.749. The van der Waals surface area contributed by atoms with Gasteiger partial charge in [-0.25, -0.2) is 0 Å². The Hall–Kier alpha value is -0.380. The molecule has 70 valence electrons. The van der Waals surface area contributed by atoms with Gasteiger partial charge in [0.05, 0.1) is 29.3 Å². The van der Waals surface area contributed by atoms with Crippen LogP contribution < -0.4 is 0 Å². The highest BCUT2D eigenvalue weighted by molar-refractivity contribution is 7.85. The summed E-state index contributed by atoms with van der Waals surface area (Å²) < 4.78 is 16.6. The molecular weight excluding hydrogens is 208 g/mol. The van der Waals surface area contributed by atoms with Crippen molar-refractivity contribution in [2.24, 2.45) is 0 Å². The molecule has 0 aliphatic carbocycles. The van der Waals surface area contributed by atoms with E-state index in [0.717, 1.165) is 11.5 Å². The lowest BCUT2D eigenvalue weighted by molar-refractivity contribution is 0.425. The van der Waals surface area contributed by atoms with E-state index in [9.17, 15) is 4.21 Å². The molecule has 1 aliphatic heterocycles. The summed E-state index contributed by atoms with van der Waals surface area (Å²) in [6.07, 6.45) is 0.205. The van der Waals surface area contributed by atoms with Gasteiger partial charge in [0, 0.05) is 9.92 Å². The molecule has 2 nitrogen and oxygen atoms in total. The van der Waals surface area contributed by atoms with Gasteiger partial charge in [0.2, 0.25) is 0 Å². The van der Waals surface area contributed by atoms with Gasteiger partial charge in [0.1, 0.15) is 0 Å². The zero-order valence-corrected chi connectivity index (χ0v) is 8.48. The Morgan fingerprint density at radius 1 is 1.46 bits per heavy atom. The Morgan fingerprint density at radius 2 is 2.08 bits per heavy atom. The van der Waals surface area contributed by atoms with E-state index < -0.39 is 10.8 Å². The van der Waals surface area contributed by atoms with Crippen LogP contribution in [0, 0.1) is 0 Å². The van der Waals surface area contributed by atoms with Crippen molar-refractivity contribution in [1.82, 2.24) is 0 Å². The van der Waals surface area contributed by atoms with E-state index in [2.05, 4.69) is 0 Å². The fourth-order valence-electron chi connectivity index (χ4n) is 1.02. The molecule has 2 atom stereocenters. The standard InChI is InChI=1S/C9H9ClO2S/c10-7-1-3-9(4-2-7)13(11)6-8-5-12-8/h1-4,8H,5-6H2/t8-,13?/m0/s1. The van der Waals surface area contributed by atoms with Crippen LogP contribution in [0.4, 0.5) is 0 Å². The minimum atomic E-state index is -0.943. The largest absolute Gasteiger partial charge is 0.372 e. The van der Waals surface area contributed by atoms with Gasteiger partial charge in [0.15, 0.2) is 0 Å². The van der Waals surface area contributed by atoms with E-state index in [1.54, 1.807) is 24.3 Å². The van der Waals surface area contributed by atoms with Crippen molar-refractivity contribution < 1.29 is 8.95 Å². The maximum absolute atomic E-state index is 11.6. The first kappa shape index (κ1) is 9.19. The van der Waals surface area contributed by atoms with Gasteiger partial charge in [-0.2, -0.15) is 0 Å². The third kappa shape index (κ3) is 2.53. The van der Waals surface area contributed by atoms with Gasteiger partial charge in [-0.05, 0) is 24.3 Å². The van der Waals surface area contributed by atoms with Crippen LogP contribution in [0.2, 0.25) is 5.02 Å². The molecule has 0 spiro atoms. The van der Waals surface area contributed by atoms with E-state index >= 15 is 0 Å². The van der Waals surface area contributed by atoms with Crippen molar-refractivity contribution >= 4 is 22.4 Å². The molecule has 0 saturated carbocycles. The highest BCUT2D eigenvalue weighted by atomic mass is 35.5. The van der Waals surface area contributed by atoms with E-state index in [0.29, 0.717) is 10.8 Å². The Bertz CT molecular complexity index is 319. The summed E-state index contributed by atoms with van der Waals surface area (Å²) in [5.41, 5.74) is 0. The SMILES string of the molecule is O=S(C[C@@H]1CO1)c1ccc(Cl)cc1. The quantitative estimate of drug-likeness (QED) is 0.722. The number of hydrogen-bond donors (Lipinski definition) is 0. The van der Waals surface area contributed by atoms with Crippen molar-refractivity contribution in [3.8, 4) is 0 Å². The van der Waals surface area contributed by atoms with Crippen LogP contribution >= 0.6 is 11.6 Å². The van der Waals surface area contributed by atoms with Crippen molar-refractivity contribution in [3.05, 3.63) is 29.3 Å². The molecule has 0 amide bonds. The third-order valence-corrected chi connectivity index (χ3v) is 3.54. The second kappa shape index (κ2) is 3.78. The smallest absolute Gasteiger partial charge is 0.0928 e. The highest BCUT2D eigenvalue weighted by Crippen LogP contribution is 2.17. The van der Waals surface area contributed by atoms with Crippen LogP contribution in [-0.2, 0) is 15.5 Å². The molecule has 1 unspecified atom stereocenters. The van der Waals surface area contributed by atoms with E-state index in [1.807, 2.05) is 0 Å². The minimum Gasteiger partial charge on any atom is -0.372 e. The fourth-order valence-corrected chi connectivity index (χ4v) is 2.30. The van der Waals surface area contributed by atoms with E-state index in [1.165, 1.54) is 0 Å². The summed E-state index contributed by atoms with van der Waals surface area (Å²) in [5, 5.41) is 0.670. The van der Waals surface area contributed by atoms with E-state index in [-0.39, 0.29) is 6.10 Å². The Labute approximate surface area is 84.3 Å². The van der Waals surface area contributed by atoms with Gasteiger partial charge in [0.25, 0.3) is 0 Å². The highest BCUT2D eigenvalue weighted by Gasteiger charge is 2.25. The molecule has 1 aromatic carbocycles. The zero-order valence-electron chi connectivity index (χ0n) is 6.90. The monoisotopic (exact) mass is 216 g/mol. The summed E-state index contributed by atoms with van der Waals surface area (Å²) in [7, 11) is -0.943.